The summed E-state index contributed by atoms with van der Waals surface area (Å²) in [7, 11) is 0. The summed E-state index contributed by atoms with van der Waals surface area (Å²) in [6.45, 7) is 4.43. The first-order chi connectivity index (χ1) is 6.63. The third-order valence-electron chi connectivity index (χ3n) is 1.98. The van der Waals surface area contributed by atoms with Crippen LogP contribution in [0.5, 0.6) is 0 Å². The van der Waals surface area contributed by atoms with Crippen LogP contribution >= 0.6 is 39.3 Å². The summed E-state index contributed by atoms with van der Waals surface area (Å²) in [6, 6.07) is 1.88. The molecule has 0 fully saturated rings. The molecular formula is C10H13BrClNS. The molecule has 0 radical (unpaired) electrons. The number of pyridine rings is 1. The Bertz CT molecular complexity index is 306. The van der Waals surface area contributed by atoms with Gasteiger partial charge in [-0.25, -0.2) is 4.98 Å². The molecule has 1 atom stereocenters. The molecule has 4 heteroatoms. The van der Waals surface area contributed by atoms with Gasteiger partial charge in [0.05, 0.1) is 5.02 Å². The fraction of sp³-hybridized carbons (Fsp3) is 0.500. The van der Waals surface area contributed by atoms with Crippen molar-refractivity contribution < 1.29 is 0 Å². The van der Waals surface area contributed by atoms with E-state index in [4.69, 9.17) is 11.6 Å². The second-order valence-electron chi connectivity index (χ2n) is 3.26. The Kier molecular flexibility index (Phi) is 5.28. The normalized spacial score (nSPS) is 12.9. The number of hydrogen-bond acceptors (Lipinski definition) is 2. The van der Waals surface area contributed by atoms with Gasteiger partial charge < -0.3 is 0 Å². The Labute approximate surface area is 103 Å². The zero-order chi connectivity index (χ0) is 10.6. The molecule has 1 heterocycles. The summed E-state index contributed by atoms with van der Waals surface area (Å²) >= 11 is 11.1. The highest BCUT2D eigenvalue weighted by Crippen LogP contribution is 2.28. The van der Waals surface area contributed by atoms with E-state index in [1.165, 1.54) is 6.42 Å². The van der Waals surface area contributed by atoms with Crippen LogP contribution in [0.3, 0.4) is 0 Å². The van der Waals surface area contributed by atoms with Crippen molar-refractivity contribution in [2.24, 2.45) is 5.92 Å². The molecule has 0 aliphatic heterocycles. The van der Waals surface area contributed by atoms with E-state index in [1.807, 2.05) is 6.07 Å². The van der Waals surface area contributed by atoms with Crippen molar-refractivity contribution in [2.75, 3.05) is 5.75 Å². The van der Waals surface area contributed by atoms with Crippen LogP contribution in [0.2, 0.25) is 5.02 Å². The van der Waals surface area contributed by atoms with E-state index in [9.17, 15) is 0 Å². The topological polar surface area (TPSA) is 12.9 Å². The molecule has 0 saturated heterocycles. The van der Waals surface area contributed by atoms with E-state index < -0.39 is 0 Å². The summed E-state index contributed by atoms with van der Waals surface area (Å²) in [5.74, 6) is 1.78. The van der Waals surface area contributed by atoms with Gasteiger partial charge in [0.25, 0.3) is 0 Å². The molecule has 0 bridgehead atoms. The van der Waals surface area contributed by atoms with Gasteiger partial charge in [0.2, 0.25) is 0 Å². The van der Waals surface area contributed by atoms with Crippen molar-refractivity contribution in [3.63, 3.8) is 0 Å². The average Bonchev–Trinajstić information content (AvgIpc) is 2.16. The third-order valence-corrected chi connectivity index (χ3v) is 4.14. The Morgan fingerprint density at radius 3 is 2.93 bits per heavy atom. The molecule has 78 valence electrons. The summed E-state index contributed by atoms with van der Waals surface area (Å²) < 4.78 is 0.926. The lowest BCUT2D eigenvalue weighted by Crippen LogP contribution is -1.96. The van der Waals surface area contributed by atoms with Crippen molar-refractivity contribution in [3.05, 3.63) is 21.8 Å². The van der Waals surface area contributed by atoms with E-state index in [-0.39, 0.29) is 0 Å². The van der Waals surface area contributed by atoms with Crippen LogP contribution in [0.1, 0.15) is 20.3 Å². The first kappa shape index (κ1) is 12.3. The minimum absolute atomic E-state index is 0.710. The first-order valence-corrected chi connectivity index (χ1v) is 6.73. The van der Waals surface area contributed by atoms with Crippen LogP contribution in [-0.2, 0) is 0 Å². The molecule has 0 saturated carbocycles. The zero-order valence-electron chi connectivity index (χ0n) is 8.26. The van der Waals surface area contributed by atoms with Gasteiger partial charge in [-0.15, -0.1) is 11.8 Å². The first-order valence-electron chi connectivity index (χ1n) is 4.57. The smallest absolute Gasteiger partial charge is 0.115 e. The lowest BCUT2D eigenvalue weighted by Gasteiger charge is -2.07. The van der Waals surface area contributed by atoms with Gasteiger partial charge in [-0.3, -0.25) is 0 Å². The lowest BCUT2D eigenvalue weighted by atomic mass is 10.2. The largest absolute Gasteiger partial charge is 0.247 e. The van der Waals surface area contributed by atoms with E-state index in [0.29, 0.717) is 5.92 Å². The molecule has 1 rings (SSSR count). The fourth-order valence-electron chi connectivity index (χ4n) is 0.847. The standard InChI is InChI=1S/C10H13BrClNS/c1-3-7(2)6-14-10-9(12)4-8(11)5-13-10/h4-5,7H,3,6H2,1-2H3. The molecule has 14 heavy (non-hydrogen) atoms. The van der Waals surface area contributed by atoms with Gasteiger partial charge in [0.15, 0.2) is 0 Å². The number of hydrogen-bond donors (Lipinski definition) is 0. The van der Waals surface area contributed by atoms with E-state index in [2.05, 4.69) is 34.8 Å². The second kappa shape index (κ2) is 5.99. The van der Waals surface area contributed by atoms with Crippen LogP contribution in [-0.4, -0.2) is 10.7 Å². The quantitative estimate of drug-likeness (QED) is 0.751. The van der Waals surface area contributed by atoms with E-state index in [1.54, 1.807) is 18.0 Å². The molecule has 0 aliphatic rings. The highest BCUT2D eigenvalue weighted by Gasteiger charge is 2.05. The summed E-state index contributed by atoms with van der Waals surface area (Å²) in [4.78, 5) is 4.27. The second-order valence-corrected chi connectivity index (χ2v) is 5.60. The zero-order valence-corrected chi connectivity index (χ0v) is 11.4. The molecule has 0 aliphatic carbocycles. The minimum atomic E-state index is 0.710. The lowest BCUT2D eigenvalue weighted by molar-refractivity contribution is 0.636. The minimum Gasteiger partial charge on any atom is -0.247 e. The third kappa shape index (κ3) is 3.79. The average molecular weight is 295 g/mol. The molecule has 1 aromatic rings. The number of halogens is 2. The Balaban J connectivity index is 2.59. The predicted octanol–water partition coefficient (Wildman–Crippen LogP) is 4.64. The maximum atomic E-state index is 6.04. The summed E-state index contributed by atoms with van der Waals surface area (Å²) in [5.41, 5.74) is 0. The monoisotopic (exact) mass is 293 g/mol. The Hall–Kier alpha value is 0.270. The maximum absolute atomic E-state index is 6.04. The molecular weight excluding hydrogens is 282 g/mol. The molecule has 0 N–H and O–H groups in total. The van der Waals surface area contributed by atoms with Gasteiger partial charge in [0, 0.05) is 16.4 Å². The van der Waals surface area contributed by atoms with Gasteiger partial charge in [0.1, 0.15) is 5.03 Å². The summed E-state index contributed by atoms with van der Waals surface area (Å²) in [5, 5.41) is 1.66. The Morgan fingerprint density at radius 2 is 2.36 bits per heavy atom. The molecule has 1 nitrogen and oxygen atoms in total. The van der Waals surface area contributed by atoms with Gasteiger partial charge >= 0.3 is 0 Å². The van der Waals surface area contributed by atoms with Crippen molar-refractivity contribution in [1.82, 2.24) is 4.98 Å². The maximum Gasteiger partial charge on any atom is 0.115 e. The molecule has 0 spiro atoms. The molecule has 1 unspecified atom stereocenters. The van der Waals surface area contributed by atoms with Crippen LogP contribution in [0.15, 0.2) is 21.8 Å². The Morgan fingerprint density at radius 1 is 1.64 bits per heavy atom. The van der Waals surface area contributed by atoms with Crippen LogP contribution in [0.4, 0.5) is 0 Å². The summed E-state index contributed by atoms with van der Waals surface area (Å²) in [6.07, 6.45) is 2.98. The van der Waals surface area contributed by atoms with Gasteiger partial charge in [-0.2, -0.15) is 0 Å². The number of nitrogens with zero attached hydrogens (tertiary/aromatic N) is 1. The van der Waals surface area contributed by atoms with Crippen LogP contribution in [0.25, 0.3) is 0 Å². The SMILES string of the molecule is CCC(C)CSc1ncc(Br)cc1Cl. The number of thioether (sulfide) groups is 1. The highest BCUT2D eigenvalue weighted by molar-refractivity contribution is 9.10. The van der Waals surface area contributed by atoms with Crippen LogP contribution in [0, 0.1) is 5.92 Å². The number of rotatable bonds is 4. The van der Waals surface area contributed by atoms with Crippen molar-refractivity contribution in [3.8, 4) is 0 Å². The van der Waals surface area contributed by atoms with Crippen molar-refractivity contribution >= 4 is 39.3 Å². The number of aromatic nitrogens is 1. The molecule has 0 aromatic carbocycles. The molecule has 1 aromatic heterocycles. The predicted molar refractivity (Wildman–Crippen MR) is 67.1 cm³/mol. The highest BCUT2D eigenvalue weighted by atomic mass is 79.9. The van der Waals surface area contributed by atoms with Gasteiger partial charge in [-0.05, 0) is 27.9 Å². The van der Waals surface area contributed by atoms with Crippen molar-refractivity contribution in [2.45, 2.75) is 25.3 Å². The van der Waals surface area contributed by atoms with E-state index >= 15 is 0 Å². The van der Waals surface area contributed by atoms with E-state index in [0.717, 1.165) is 20.3 Å². The van der Waals surface area contributed by atoms with Crippen molar-refractivity contribution in [1.29, 1.82) is 0 Å². The van der Waals surface area contributed by atoms with Gasteiger partial charge in [-0.1, -0.05) is 31.9 Å². The van der Waals surface area contributed by atoms with Crippen LogP contribution < -0.4 is 0 Å². The fourth-order valence-corrected chi connectivity index (χ4v) is 2.64. The molecule has 0 amide bonds.